The number of nitrogens with zero attached hydrogens (tertiary/aromatic N) is 1. The predicted molar refractivity (Wildman–Crippen MR) is 129 cm³/mol. The van der Waals surface area contributed by atoms with Gasteiger partial charge in [0.05, 0.1) is 6.54 Å². The third-order valence-corrected chi connectivity index (χ3v) is 5.38. The lowest BCUT2D eigenvalue weighted by Crippen LogP contribution is -2.35. The third-order valence-electron chi connectivity index (χ3n) is 5.38. The fourth-order valence-electron chi connectivity index (χ4n) is 3.50. The van der Waals surface area contributed by atoms with Gasteiger partial charge in [-0.05, 0) is 59.7 Å². The van der Waals surface area contributed by atoms with Gasteiger partial charge in [0.25, 0.3) is 5.91 Å². The van der Waals surface area contributed by atoms with Gasteiger partial charge < -0.3 is 25.6 Å². The maximum absolute atomic E-state index is 13.0. The van der Waals surface area contributed by atoms with Gasteiger partial charge in [-0.2, -0.15) is 0 Å². The smallest absolute Gasteiger partial charge is 0.410 e. The van der Waals surface area contributed by atoms with Gasteiger partial charge in [0.2, 0.25) is 0 Å². The Labute approximate surface area is 206 Å². The summed E-state index contributed by atoms with van der Waals surface area (Å²) >= 11 is 0. The summed E-state index contributed by atoms with van der Waals surface area (Å²) in [5.41, 5.74) is 2.76. The number of nitrogens with one attached hydrogen (secondary N) is 3. The van der Waals surface area contributed by atoms with E-state index in [-0.39, 0.29) is 12.6 Å². The second-order valence-corrected chi connectivity index (χ2v) is 8.03. The number of hydrogen-bond donors (Lipinski definition) is 3. The molecule has 3 N–H and O–H groups in total. The average molecular weight is 490 g/mol. The molecule has 0 saturated carbocycles. The molecule has 0 atom stereocenters. The van der Waals surface area contributed by atoms with E-state index in [1.165, 1.54) is 24.3 Å². The lowest BCUT2D eigenvalue weighted by atomic mass is 10.1. The minimum atomic E-state index is -0.827. The Balaban J connectivity index is 1.26. The second-order valence-electron chi connectivity index (χ2n) is 8.03. The number of cyclic esters (lactones) is 1. The molecule has 3 aromatic rings. The zero-order valence-electron chi connectivity index (χ0n) is 19.1. The van der Waals surface area contributed by atoms with Crippen molar-refractivity contribution in [3.8, 4) is 0 Å². The van der Waals surface area contributed by atoms with Crippen LogP contribution in [0.5, 0.6) is 0 Å². The molecule has 9 nitrogen and oxygen atoms in total. The van der Waals surface area contributed by atoms with Crippen LogP contribution >= 0.6 is 0 Å². The van der Waals surface area contributed by atoms with Gasteiger partial charge in [0.15, 0.2) is 0 Å². The molecule has 1 aliphatic rings. The van der Waals surface area contributed by atoms with Crippen LogP contribution in [0, 0.1) is 5.82 Å². The molecule has 0 bridgehead atoms. The molecule has 0 unspecified atom stereocenters. The van der Waals surface area contributed by atoms with Crippen molar-refractivity contribution in [3.05, 3.63) is 95.3 Å². The van der Waals surface area contributed by atoms with Gasteiger partial charge in [-0.15, -0.1) is 0 Å². The van der Waals surface area contributed by atoms with E-state index < -0.39 is 23.5 Å². The number of rotatable bonds is 7. The van der Waals surface area contributed by atoms with E-state index in [2.05, 4.69) is 16.0 Å². The Kier molecular flexibility index (Phi) is 7.54. The van der Waals surface area contributed by atoms with E-state index in [1.807, 2.05) is 0 Å². The van der Waals surface area contributed by atoms with Gasteiger partial charge >= 0.3 is 17.9 Å². The molecule has 36 heavy (non-hydrogen) atoms. The van der Waals surface area contributed by atoms with E-state index in [1.54, 1.807) is 53.4 Å². The van der Waals surface area contributed by atoms with Crippen molar-refractivity contribution in [1.29, 1.82) is 0 Å². The summed E-state index contributed by atoms with van der Waals surface area (Å²) in [5.74, 6) is -2.48. The van der Waals surface area contributed by atoms with Gasteiger partial charge in [-0.25, -0.2) is 9.18 Å². The quantitative estimate of drug-likeness (QED) is 0.440. The minimum Gasteiger partial charge on any atom is -0.448 e. The first-order chi connectivity index (χ1) is 17.4. The van der Waals surface area contributed by atoms with Crippen LogP contribution in [-0.2, 0) is 27.4 Å². The topological polar surface area (TPSA) is 117 Å². The van der Waals surface area contributed by atoms with Gasteiger partial charge in [0, 0.05) is 30.0 Å². The Morgan fingerprint density at radius 1 is 0.861 bits per heavy atom. The van der Waals surface area contributed by atoms with Crippen molar-refractivity contribution in [1.82, 2.24) is 10.2 Å². The molecule has 0 radical (unpaired) electrons. The van der Waals surface area contributed by atoms with E-state index in [0.717, 1.165) is 5.56 Å². The summed E-state index contributed by atoms with van der Waals surface area (Å²) in [6, 6.07) is 18.7. The second kappa shape index (κ2) is 11.1. The van der Waals surface area contributed by atoms with E-state index in [9.17, 15) is 23.6 Å². The van der Waals surface area contributed by atoms with Crippen molar-refractivity contribution in [3.63, 3.8) is 0 Å². The molecule has 1 saturated heterocycles. The van der Waals surface area contributed by atoms with E-state index >= 15 is 0 Å². The first kappa shape index (κ1) is 24.4. The Morgan fingerprint density at radius 2 is 1.61 bits per heavy atom. The lowest BCUT2D eigenvalue weighted by molar-refractivity contribution is -0.136. The van der Waals surface area contributed by atoms with Crippen molar-refractivity contribution >= 4 is 35.2 Å². The number of carbonyl (C=O) groups is 4. The normalized spacial score (nSPS) is 12.6. The summed E-state index contributed by atoms with van der Waals surface area (Å²) in [5, 5.41) is 7.77. The summed E-state index contributed by atoms with van der Waals surface area (Å²) in [7, 11) is 0. The summed E-state index contributed by atoms with van der Waals surface area (Å²) in [6.07, 6.45) is -0.357. The number of hydrogen-bond acceptors (Lipinski definition) is 5. The molecule has 184 valence electrons. The molecule has 1 fully saturated rings. The number of ether oxygens (including phenoxy) is 1. The molecule has 4 rings (SSSR count). The highest BCUT2D eigenvalue weighted by Gasteiger charge is 2.21. The number of anilines is 2. The maximum atomic E-state index is 13.0. The minimum absolute atomic E-state index is 0.0668. The molecule has 3 aromatic carbocycles. The van der Waals surface area contributed by atoms with Crippen LogP contribution in [0.2, 0.25) is 0 Å². The van der Waals surface area contributed by atoms with Crippen molar-refractivity contribution in [2.75, 3.05) is 23.8 Å². The molecule has 0 aliphatic carbocycles. The third kappa shape index (κ3) is 6.44. The molecule has 10 heteroatoms. The summed E-state index contributed by atoms with van der Waals surface area (Å²) in [6.45, 7) is 1.37. The number of carbonyl (C=O) groups excluding carboxylic acids is 4. The van der Waals surface area contributed by atoms with Crippen LogP contribution in [0.15, 0.2) is 72.8 Å². The zero-order chi connectivity index (χ0) is 25.5. The Bertz CT molecular complexity index is 1280. The van der Waals surface area contributed by atoms with Crippen molar-refractivity contribution in [2.24, 2.45) is 0 Å². The van der Waals surface area contributed by atoms with Gasteiger partial charge in [-0.3, -0.25) is 14.4 Å². The number of halogens is 1. The number of amides is 4. The van der Waals surface area contributed by atoms with Crippen LogP contribution < -0.4 is 16.0 Å². The SMILES string of the molecule is O=C(NCc1cccc(NC(=O)c2ccc(F)cc2)c1)C(=O)Nc1ccc(CN2CCOC2=O)cc1. The molecular formula is C26H23FN4O5. The first-order valence-electron chi connectivity index (χ1n) is 11.1. The van der Waals surface area contributed by atoms with Gasteiger partial charge in [-0.1, -0.05) is 24.3 Å². The lowest BCUT2D eigenvalue weighted by Gasteiger charge is -2.13. The highest BCUT2D eigenvalue weighted by molar-refractivity contribution is 6.39. The zero-order valence-corrected chi connectivity index (χ0v) is 19.1. The van der Waals surface area contributed by atoms with Crippen LogP contribution in [0.25, 0.3) is 0 Å². The van der Waals surface area contributed by atoms with Crippen LogP contribution in [0.3, 0.4) is 0 Å². The molecule has 4 amide bonds. The van der Waals surface area contributed by atoms with Gasteiger partial charge in [0.1, 0.15) is 12.4 Å². The molecule has 0 spiro atoms. The molecule has 1 aliphatic heterocycles. The largest absolute Gasteiger partial charge is 0.448 e. The van der Waals surface area contributed by atoms with Crippen molar-refractivity contribution < 1.29 is 28.3 Å². The average Bonchev–Trinajstić information content (AvgIpc) is 3.28. The Hall–Kier alpha value is -4.73. The molecule has 0 aromatic heterocycles. The summed E-state index contributed by atoms with van der Waals surface area (Å²) in [4.78, 5) is 49.9. The van der Waals surface area contributed by atoms with E-state index in [0.29, 0.717) is 42.2 Å². The van der Waals surface area contributed by atoms with Crippen LogP contribution in [0.4, 0.5) is 20.6 Å². The van der Waals surface area contributed by atoms with Crippen LogP contribution in [-0.4, -0.2) is 41.9 Å². The standard InChI is InChI=1S/C26H23FN4O5/c27-20-8-6-19(7-9-20)23(32)30-22-3-1-2-18(14-22)15-28-24(33)25(34)29-21-10-4-17(5-11-21)16-31-12-13-36-26(31)35/h1-11,14H,12-13,15-16H2,(H,28,33)(H,29,34)(H,30,32). The monoisotopic (exact) mass is 490 g/mol. The molecular weight excluding hydrogens is 467 g/mol. The van der Waals surface area contributed by atoms with Crippen molar-refractivity contribution in [2.45, 2.75) is 13.1 Å². The fourth-order valence-corrected chi connectivity index (χ4v) is 3.50. The van der Waals surface area contributed by atoms with E-state index in [4.69, 9.17) is 4.74 Å². The maximum Gasteiger partial charge on any atom is 0.410 e. The first-order valence-corrected chi connectivity index (χ1v) is 11.1. The predicted octanol–water partition coefficient (Wildman–Crippen LogP) is 3.29. The highest BCUT2D eigenvalue weighted by atomic mass is 19.1. The number of benzene rings is 3. The fraction of sp³-hybridized carbons (Fsp3) is 0.154. The summed E-state index contributed by atoms with van der Waals surface area (Å²) < 4.78 is 17.9. The Morgan fingerprint density at radius 3 is 2.31 bits per heavy atom. The highest BCUT2D eigenvalue weighted by Crippen LogP contribution is 2.15. The molecule has 1 heterocycles. The van der Waals surface area contributed by atoms with Crippen LogP contribution in [0.1, 0.15) is 21.5 Å².